The number of likely N-dealkylation sites (tertiary alicyclic amines) is 1. The van der Waals surface area contributed by atoms with Gasteiger partial charge in [-0.15, -0.1) is 0 Å². The van der Waals surface area contributed by atoms with Crippen LogP contribution in [-0.2, 0) is 14.3 Å². The van der Waals surface area contributed by atoms with Gasteiger partial charge in [0.2, 0.25) is 5.91 Å². The summed E-state index contributed by atoms with van der Waals surface area (Å²) in [5.74, 6) is 0.286. The first-order chi connectivity index (χ1) is 9.47. The van der Waals surface area contributed by atoms with E-state index in [4.69, 9.17) is 9.47 Å². The van der Waals surface area contributed by atoms with Gasteiger partial charge < -0.3 is 19.5 Å². The Bertz CT molecular complexity index is 356. The molecule has 2 fully saturated rings. The van der Waals surface area contributed by atoms with Crippen molar-refractivity contribution < 1.29 is 19.4 Å². The number of nitrogens with zero attached hydrogens (tertiary/aromatic N) is 1. The highest BCUT2D eigenvalue weighted by molar-refractivity contribution is 5.85. The first-order valence-corrected chi connectivity index (χ1v) is 7.47. The zero-order valence-corrected chi connectivity index (χ0v) is 12.9. The minimum Gasteiger partial charge on any atom is -0.389 e. The maximum absolute atomic E-state index is 12.6. The molecule has 0 radical (unpaired) electrons. The topological polar surface area (TPSA) is 59.0 Å². The lowest BCUT2D eigenvalue weighted by Gasteiger charge is -2.44. The second-order valence-electron chi connectivity index (χ2n) is 6.46. The second-order valence-corrected chi connectivity index (χ2v) is 6.46. The van der Waals surface area contributed by atoms with Crippen molar-refractivity contribution in [3.63, 3.8) is 0 Å². The minimum atomic E-state index is -0.704. The van der Waals surface area contributed by atoms with Gasteiger partial charge in [-0.25, -0.2) is 0 Å². The third-order valence-electron chi connectivity index (χ3n) is 4.98. The number of ether oxygens (including phenoxy) is 2. The molecule has 2 unspecified atom stereocenters. The van der Waals surface area contributed by atoms with Crippen molar-refractivity contribution in [3.05, 3.63) is 0 Å². The van der Waals surface area contributed by atoms with E-state index in [1.165, 1.54) is 0 Å². The summed E-state index contributed by atoms with van der Waals surface area (Å²) in [4.78, 5) is 14.5. The van der Waals surface area contributed by atoms with E-state index in [1.54, 1.807) is 14.2 Å². The van der Waals surface area contributed by atoms with Crippen LogP contribution < -0.4 is 0 Å². The number of hydrogen-bond donors (Lipinski definition) is 1. The smallest absolute Gasteiger partial charge is 0.231 e. The van der Waals surface area contributed by atoms with Crippen molar-refractivity contribution in [2.24, 2.45) is 11.3 Å². The Kier molecular flexibility index (Phi) is 4.72. The van der Waals surface area contributed by atoms with Crippen LogP contribution in [0.4, 0.5) is 0 Å². The third kappa shape index (κ3) is 3.00. The number of hydrogen-bond acceptors (Lipinski definition) is 4. The van der Waals surface area contributed by atoms with Gasteiger partial charge >= 0.3 is 0 Å². The Balaban J connectivity index is 1.93. The molecule has 0 bridgehead atoms. The van der Waals surface area contributed by atoms with E-state index in [0.717, 1.165) is 12.8 Å². The van der Waals surface area contributed by atoms with Crippen LogP contribution in [0.15, 0.2) is 0 Å². The first-order valence-electron chi connectivity index (χ1n) is 7.47. The number of carbonyl (C=O) groups is 1. The van der Waals surface area contributed by atoms with Crippen LogP contribution in [0.25, 0.3) is 0 Å². The molecular formula is C15H27NO4. The Labute approximate surface area is 121 Å². The van der Waals surface area contributed by atoms with Crippen LogP contribution in [0, 0.1) is 11.3 Å². The van der Waals surface area contributed by atoms with Crippen molar-refractivity contribution in [1.82, 2.24) is 4.90 Å². The van der Waals surface area contributed by atoms with Crippen molar-refractivity contribution in [3.8, 4) is 0 Å². The number of methoxy groups -OCH3 is 2. The molecule has 5 heteroatoms. The summed E-state index contributed by atoms with van der Waals surface area (Å²) in [7, 11) is 3.30. The molecule has 1 amide bonds. The summed E-state index contributed by atoms with van der Waals surface area (Å²) in [6, 6.07) is 0. The van der Waals surface area contributed by atoms with Crippen molar-refractivity contribution in [2.45, 2.75) is 38.2 Å². The Morgan fingerprint density at radius 2 is 2.00 bits per heavy atom. The van der Waals surface area contributed by atoms with E-state index in [1.807, 2.05) is 11.8 Å². The number of carbonyl (C=O) groups excluding carboxylic acids is 1. The van der Waals surface area contributed by atoms with Crippen LogP contribution in [0.5, 0.6) is 0 Å². The number of aliphatic hydroxyl groups is 1. The lowest BCUT2D eigenvalue weighted by molar-refractivity contribution is -0.148. The fraction of sp³-hybridized carbons (Fsp3) is 0.933. The summed E-state index contributed by atoms with van der Waals surface area (Å²) in [5.41, 5.74) is -0.971. The van der Waals surface area contributed by atoms with E-state index >= 15 is 0 Å². The molecule has 5 nitrogen and oxygen atoms in total. The molecule has 1 aliphatic carbocycles. The van der Waals surface area contributed by atoms with Gasteiger partial charge in [-0.2, -0.15) is 0 Å². The monoisotopic (exact) mass is 285 g/mol. The van der Waals surface area contributed by atoms with Gasteiger partial charge in [-0.1, -0.05) is 6.92 Å². The van der Waals surface area contributed by atoms with E-state index in [0.29, 0.717) is 39.1 Å². The van der Waals surface area contributed by atoms with Gasteiger partial charge in [-0.05, 0) is 25.7 Å². The molecule has 0 aromatic rings. The highest BCUT2D eigenvalue weighted by atomic mass is 16.5. The van der Waals surface area contributed by atoms with Gasteiger partial charge in [0.05, 0.1) is 17.6 Å². The van der Waals surface area contributed by atoms with Crippen molar-refractivity contribution >= 4 is 5.91 Å². The van der Waals surface area contributed by atoms with Gasteiger partial charge in [-0.3, -0.25) is 4.79 Å². The average molecular weight is 285 g/mol. The molecule has 1 N–H and O–H groups in total. The average Bonchev–Trinajstić information content (AvgIpc) is 3.20. The van der Waals surface area contributed by atoms with Crippen molar-refractivity contribution in [1.29, 1.82) is 0 Å². The summed E-state index contributed by atoms with van der Waals surface area (Å²) < 4.78 is 10.3. The number of rotatable bonds is 6. The maximum Gasteiger partial charge on any atom is 0.231 e. The zero-order chi connectivity index (χ0) is 14.8. The molecule has 20 heavy (non-hydrogen) atoms. The van der Waals surface area contributed by atoms with Crippen LogP contribution in [-0.4, -0.2) is 62.0 Å². The van der Waals surface area contributed by atoms with Crippen LogP contribution in [0.2, 0.25) is 0 Å². The molecule has 2 aliphatic rings. The maximum atomic E-state index is 12.6. The third-order valence-corrected chi connectivity index (χ3v) is 4.98. The SMILES string of the molecule is COCCC1(O)CCN(C(=O)C2(COC)CC2)CC1C. The van der Waals surface area contributed by atoms with Crippen LogP contribution in [0.1, 0.15) is 32.6 Å². The highest BCUT2D eigenvalue weighted by Crippen LogP contribution is 2.48. The molecule has 1 saturated carbocycles. The lowest BCUT2D eigenvalue weighted by Crippen LogP contribution is -2.54. The quantitative estimate of drug-likeness (QED) is 0.792. The van der Waals surface area contributed by atoms with Crippen LogP contribution >= 0.6 is 0 Å². The summed E-state index contributed by atoms with van der Waals surface area (Å²) in [6.45, 7) is 4.36. The number of piperidine rings is 1. The Morgan fingerprint density at radius 3 is 2.50 bits per heavy atom. The predicted molar refractivity (Wildman–Crippen MR) is 75.3 cm³/mol. The molecule has 2 atom stereocenters. The second kappa shape index (κ2) is 6.00. The molecule has 2 rings (SSSR count). The summed E-state index contributed by atoms with van der Waals surface area (Å²) >= 11 is 0. The van der Waals surface area contributed by atoms with Crippen LogP contribution in [0.3, 0.4) is 0 Å². The molecule has 0 spiro atoms. The van der Waals surface area contributed by atoms with Gasteiger partial charge in [0.1, 0.15) is 0 Å². The lowest BCUT2D eigenvalue weighted by atomic mass is 9.79. The number of amides is 1. The van der Waals surface area contributed by atoms with Crippen molar-refractivity contribution in [2.75, 3.05) is 40.5 Å². The highest BCUT2D eigenvalue weighted by Gasteiger charge is 2.53. The fourth-order valence-corrected chi connectivity index (χ4v) is 3.18. The Morgan fingerprint density at radius 1 is 1.30 bits per heavy atom. The molecule has 1 aliphatic heterocycles. The van der Waals surface area contributed by atoms with E-state index in [9.17, 15) is 9.90 Å². The first kappa shape index (κ1) is 15.7. The summed E-state index contributed by atoms with van der Waals surface area (Å²) in [6.07, 6.45) is 3.12. The molecule has 0 aromatic heterocycles. The molecule has 116 valence electrons. The molecule has 1 heterocycles. The van der Waals surface area contributed by atoms with Gasteiger partial charge in [0.15, 0.2) is 0 Å². The van der Waals surface area contributed by atoms with E-state index in [-0.39, 0.29) is 17.2 Å². The summed E-state index contributed by atoms with van der Waals surface area (Å²) in [5, 5.41) is 10.6. The van der Waals surface area contributed by atoms with Gasteiger partial charge in [0.25, 0.3) is 0 Å². The van der Waals surface area contributed by atoms with E-state index in [2.05, 4.69) is 0 Å². The predicted octanol–water partition coefficient (Wildman–Crippen LogP) is 1.05. The van der Waals surface area contributed by atoms with E-state index < -0.39 is 5.60 Å². The normalized spacial score (nSPS) is 32.2. The largest absolute Gasteiger partial charge is 0.389 e. The molecule has 1 saturated heterocycles. The zero-order valence-electron chi connectivity index (χ0n) is 12.9. The van der Waals surface area contributed by atoms with Gasteiger partial charge in [0, 0.05) is 39.8 Å². The molecular weight excluding hydrogens is 258 g/mol. The Hall–Kier alpha value is -0.650. The minimum absolute atomic E-state index is 0.0775. The standard InChI is InChI=1S/C15H27NO4/c1-12-10-16(8-6-15(12,18)7-9-19-2)13(17)14(4-5-14)11-20-3/h12,18H,4-11H2,1-3H3. The fourth-order valence-electron chi connectivity index (χ4n) is 3.18. The molecule has 0 aromatic carbocycles.